The van der Waals surface area contributed by atoms with Gasteiger partial charge in [0.15, 0.2) is 5.79 Å². The molecule has 2 rings (SSSR count). The first kappa shape index (κ1) is 13.3. The molecule has 1 saturated heterocycles. The Bertz CT molecular complexity index is 231. The zero-order valence-corrected chi connectivity index (χ0v) is 11.3. The van der Waals surface area contributed by atoms with Gasteiger partial charge in [-0.3, -0.25) is 0 Å². The third-order valence-corrected chi connectivity index (χ3v) is 4.10. The zero-order chi connectivity index (χ0) is 12.3. The Kier molecular flexibility index (Phi) is 4.42. The van der Waals surface area contributed by atoms with Crippen molar-refractivity contribution >= 4 is 0 Å². The number of hydrogen-bond donors (Lipinski definition) is 0. The number of methoxy groups -OCH3 is 1. The van der Waals surface area contributed by atoms with E-state index in [1.807, 2.05) is 0 Å². The van der Waals surface area contributed by atoms with E-state index in [-0.39, 0.29) is 5.79 Å². The molecule has 0 aromatic rings. The summed E-state index contributed by atoms with van der Waals surface area (Å²) in [6.45, 7) is 4.64. The number of likely N-dealkylation sites (N-methyl/N-ethyl adjacent to an activating group) is 1. The second-order valence-corrected chi connectivity index (χ2v) is 5.32. The lowest BCUT2D eigenvalue weighted by Gasteiger charge is -2.39. The molecule has 0 aromatic heterocycles. The lowest BCUT2D eigenvalue weighted by molar-refractivity contribution is -0.183. The molecular formula is C13H25NO3. The van der Waals surface area contributed by atoms with Crippen LogP contribution in [0.5, 0.6) is 0 Å². The normalized spacial score (nSPS) is 26.8. The van der Waals surface area contributed by atoms with Gasteiger partial charge in [-0.25, -0.2) is 0 Å². The maximum atomic E-state index is 5.75. The van der Waals surface area contributed by atoms with Crippen LogP contribution in [0.2, 0.25) is 0 Å². The van der Waals surface area contributed by atoms with Crippen molar-refractivity contribution in [3.63, 3.8) is 0 Å². The van der Waals surface area contributed by atoms with E-state index in [9.17, 15) is 0 Å². The average Bonchev–Trinajstić information content (AvgIpc) is 2.78. The fourth-order valence-electron chi connectivity index (χ4n) is 2.90. The van der Waals surface area contributed by atoms with E-state index in [0.29, 0.717) is 12.1 Å². The average molecular weight is 243 g/mol. The lowest BCUT2D eigenvalue weighted by atomic mass is 9.89. The first-order valence-corrected chi connectivity index (χ1v) is 6.66. The molecule has 4 heteroatoms. The molecule has 100 valence electrons. The van der Waals surface area contributed by atoms with Crippen LogP contribution in [0.3, 0.4) is 0 Å². The summed E-state index contributed by atoms with van der Waals surface area (Å²) < 4.78 is 16.8. The minimum atomic E-state index is -0.232. The molecule has 0 N–H and O–H groups in total. The van der Waals surface area contributed by atoms with E-state index in [4.69, 9.17) is 14.2 Å². The molecule has 1 spiro atoms. The third-order valence-electron chi connectivity index (χ3n) is 4.10. The standard InChI is InChI=1S/C13H25NO3/c1-11(15-3)10-14(2)12-4-6-13(7-5-12)16-8-9-17-13/h11-12H,4-10H2,1-3H3. The van der Waals surface area contributed by atoms with Gasteiger partial charge < -0.3 is 19.1 Å². The Balaban J connectivity index is 1.78. The number of hydrogen-bond acceptors (Lipinski definition) is 4. The van der Waals surface area contributed by atoms with Gasteiger partial charge in [0.1, 0.15) is 0 Å². The van der Waals surface area contributed by atoms with Crippen LogP contribution in [0.15, 0.2) is 0 Å². The maximum absolute atomic E-state index is 5.75. The molecule has 1 aliphatic carbocycles. The van der Waals surface area contributed by atoms with Gasteiger partial charge in [0.25, 0.3) is 0 Å². The third kappa shape index (κ3) is 3.19. The second kappa shape index (κ2) is 5.65. The Morgan fingerprint density at radius 2 is 1.88 bits per heavy atom. The number of rotatable bonds is 4. The van der Waals surface area contributed by atoms with Gasteiger partial charge in [-0.05, 0) is 26.8 Å². The molecule has 0 radical (unpaired) electrons. The van der Waals surface area contributed by atoms with E-state index in [2.05, 4.69) is 18.9 Å². The van der Waals surface area contributed by atoms with Crippen LogP contribution in [-0.4, -0.2) is 56.7 Å². The van der Waals surface area contributed by atoms with Crippen LogP contribution in [0.1, 0.15) is 32.6 Å². The minimum absolute atomic E-state index is 0.232. The Labute approximate surface area is 104 Å². The zero-order valence-electron chi connectivity index (χ0n) is 11.3. The SMILES string of the molecule is COC(C)CN(C)C1CCC2(CC1)OCCO2. The summed E-state index contributed by atoms with van der Waals surface area (Å²) >= 11 is 0. The van der Waals surface area contributed by atoms with Crippen molar-refractivity contribution in [1.29, 1.82) is 0 Å². The first-order chi connectivity index (χ1) is 8.15. The monoisotopic (exact) mass is 243 g/mol. The Morgan fingerprint density at radius 1 is 1.29 bits per heavy atom. The second-order valence-electron chi connectivity index (χ2n) is 5.32. The summed E-state index contributed by atoms with van der Waals surface area (Å²) in [6, 6.07) is 0.644. The van der Waals surface area contributed by atoms with E-state index in [1.165, 1.54) is 0 Å². The molecule has 0 bridgehead atoms. The fraction of sp³-hybridized carbons (Fsp3) is 1.00. The van der Waals surface area contributed by atoms with Crippen LogP contribution in [0, 0.1) is 0 Å². The van der Waals surface area contributed by atoms with Gasteiger partial charge in [0.05, 0.1) is 19.3 Å². The summed E-state index contributed by atoms with van der Waals surface area (Å²) in [7, 11) is 3.96. The Morgan fingerprint density at radius 3 is 2.41 bits per heavy atom. The summed E-state index contributed by atoms with van der Waals surface area (Å²) in [5, 5.41) is 0. The molecule has 1 heterocycles. The van der Waals surface area contributed by atoms with Crippen molar-refractivity contribution in [2.24, 2.45) is 0 Å². The van der Waals surface area contributed by atoms with E-state index < -0.39 is 0 Å². The van der Waals surface area contributed by atoms with Crippen molar-refractivity contribution < 1.29 is 14.2 Å². The van der Waals surface area contributed by atoms with E-state index in [0.717, 1.165) is 45.4 Å². The van der Waals surface area contributed by atoms with E-state index >= 15 is 0 Å². The van der Waals surface area contributed by atoms with Crippen molar-refractivity contribution in [2.75, 3.05) is 33.9 Å². The summed E-state index contributed by atoms with van der Waals surface area (Å²) in [5.41, 5.74) is 0. The molecule has 17 heavy (non-hydrogen) atoms. The van der Waals surface area contributed by atoms with Crippen LogP contribution in [-0.2, 0) is 14.2 Å². The van der Waals surface area contributed by atoms with Gasteiger partial charge in [-0.15, -0.1) is 0 Å². The molecular weight excluding hydrogens is 218 g/mol. The fourth-order valence-corrected chi connectivity index (χ4v) is 2.90. The van der Waals surface area contributed by atoms with Crippen LogP contribution in [0.4, 0.5) is 0 Å². The molecule has 1 saturated carbocycles. The van der Waals surface area contributed by atoms with Gasteiger partial charge in [0.2, 0.25) is 0 Å². The highest BCUT2D eigenvalue weighted by Gasteiger charge is 2.41. The summed E-state index contributed by atoms with van der Waals surface area (Å²) in [6.07, 6.45) is 4.68. The van der Waals surface area contributed by atoms with Crippen LogP contribution >= 0.6 is 0 Å². The predicted octanol–water partition coefficient (Wildman–Crippen LogP) is 1.64. The largest absolute Gasteiger partial charge is 0.380 e. The molecule has 0 amide bonds. The minimum Gasteiger partial charge on any atom is -0.380 e. The predicted molar refractivity (Wildman–Crippen MR) is 66.0 cm³/mol. The van der Waals surface area contributed by atoms with Gasteiger partial charge in [-0.1, -0.05) is 0 Å². The molecule has 0 aromatic carbocycles. The Hall–Kier alpha value is -0.160. The maximum Gasteiger partial charge on any atom is 0.168 e. The lowest BCUT2D eigenvalue weighted by Crippen LogP contribution is -2.44. The van der Waals surface area contributed by atoms with Crippen molar-refractivity contribution in [2.45, 2.75) is 50.5 Å². The molecule has 4 nitrogen and oxygen atoms in total. The molecule has 1 aliphatic heterocycles. The van der Waals surface area contributed by atoms with Gasteiger partial charge in [0, 0.05) is 32.5 Å². The van der Waals surface area contributed by atoms with Crippen molar-refractivity contribution in [1.82, 2.24) is 4.90 Å². The first-order valence-electron chi connectivity index (χ1n) is 6.66. The highest BCUT2D eigenvalue weighted by molar-refractivity contribution is 4.86. The molecule has 2 aliphatic rings. The highest BCUT2D eigenvalue weighted by Crippen LogP contribution is 2.37. The molecule has 1 unspecified atom stereocenters. The highest BCUT2D eigenvalue weighted by atomic mass is 16.7. The molecule has 1 atom stereocenters. The smallest absolute Gasteiger partial charge is 0.168 e. The van der Waals surface area contributed by atoms with Crippen LogP contribution < -0.4 is 0 Å². The van der Waals surface area contributed by atoms with Crippen LogP contribution in [0.25, 0.3) is 0 Å². The number of ether oxygens (including phenoxy) is 3. The topological polar surface area (TPSA) is 30.9 Å². The van der Waals surface area contributed by atoms with E-state index in [1.54, 1.807) is 7.11 Å². The van der Waals surface area contributed by atoms with Crippen molar-refractivity contribution in [3.05, 3.63) is 0 Å². The molecule has 2 fully saturated rings. The number of nitrogens with zero attached hydrogens (tertiary/aromatic N) is 1. The quantitative estimate of drug-likeness (QED) is 0.751. The van der Waals surface area contributed by atoms with Gasteiger partial charge >= 0.3 is 0 Å². The summed E-state index contributed by atoms with van der Waals surface area (Å²) in [5.74, 6) is -0.232. The summed E-state index contributed by atoms with van der Waals surface area (Å²) in [4.78, 5) is 2.41. The van der Waals surface area contributed by atoms with Gasteiger partial charge in [-0.2, -0.15) is 0 Å². The van der Waals surface area contributed by atoms with Crippen molar-refractivity contribution in [3.8, 4) is 0 Å².